The molecule has 43 heavy (non-hydrogen) atoms. The van der Waals surface area contributed by atoms with E-state index < -0.39 is 0 Å². The van der Waals surface area contributed by atoms with E-state index in [2.05, 4.69) is 193 Å². The van der Waals surface area contributed by atoms with E-state index in [1.165, 1.54) is 44.5 Å². The lowest BCUT2D eigenvalue weighted by Crippen LogP contribution is -2.11. The lowest BCUT2D eigenvalue weighted by atomic mass is 9.98. The van der Waals surface area contributed by atoms with Gasteiger partial charge in [-0.15, -0.1) is 0 Å². The van der Waals surface area contributed by atoms with E-state index in [9.17, 15) is 0 Å². The Bertz CT molecular complexity index is 1940. The van der Waals surface area contributed by atoms with Crippen LogP contribution in [-0.2, 0) is 0 Å². The number of benzene rings is 7. The number of para-hydroxylation sites is 1. The predicted octanol–water partition coefficient (Wildman–Crippen LogP) is 11.8. The summed E-state index contributed by atoms with van der Waals surface area (Å²) in [5, 5.41) is 0. The maximum Gasteiger partial charge on any atom is 0.0540 e. The van der Waals surface area contributed by atoms with Crippen molar-refractivity contribution < 1.29 is 0 Å². The summed E-state index contributed by atoms with van der Waals surface area (Å²) < 4.78 is 0. The highest BCUT2D eigenvalue weighted by Gasteiger charge is 2.18. The molecular formula is C42H31N. The van der Waals surface area contributed by atoms with Crippen molar-refractivity contribution in [1.82, 2.24) is 0 Å². The molecule has 0 aliphatic rings. The van der Waals surface area contributed by atoms with E-state index in [4.69, 9.17) is 0 Å². The molecule has 0 spiro atoms. The Hall–Kier alpha value is -5.66. The maximum absolute atomic E-state index is 2.38. The standard InChI is InChI=1S/C42H31N/c1-4-14-32(15-5-1)34-26-28-39(29-27-34)43(42-25-11-10-24-41(42)35-18-8-3-9-19-35)40-23-13-22-38(31-40)37-21-12-20-36(30-37)33-16-6-2-7-17-33/h1-31H. The zero-order valence-electron chi connectivity index (χ0n) is 23.8. The molecule has 0 saturated carbocycles. The van der Waals surface area contributed by atoms with Crippen LogP contribution in [0.4, 0.5) is 17.1 Å². The molecule has 204 valence electrons. The van der Waals surface area contributed by atoms with Gasteiger partial charge in [-0.1, -0.05) is 152 Å². The second kappa shape index (κ2) is 12.1. The Labute approximate surface area is 254 Å². The van der Waals surface area contributed by atoms with Crippen molar-refractivity contribution in [2.45, 2.75) is 0 Å². The number of rotatable bonds is 7. The van der Waals surface area contributed by atoms with Gasteiger partial charge in [0.1, 0.15) is 0 Å². The molecule has 0 unspecified atom stereocenters. The molecule has 7 aromatic rings. The van der Waals surface area contributed by atoms with Gasteiger partial charge in [0.2, 0.25) is 0 Å². The summed E-state index contributed by atoms with van der Waals surface area (Å²) in [6.07, 6.45) is 0. The molecule has 1 nitrogen and oxygen atoms in total. The fraction of sp³-hybridized carbons (Fsp3) is 0. The zero-order chi connectivity index (χ0) is 28.8. The van der Waals surface area contributed by atoms with Crippen LogP contribution in [0.15, 0.2) is 188 Å². The van der Waals surface area contributed by atoms with Crippen molar-refractivity contribution in [3.63, 3.8) is 0 Å². The molecule has 7 aromatic carbocycles. The molecular weight excluding hydrogens is 518 g/mol. The highest BCUT2D eigenvalue weighted by molar-refractivity contribution is 5.89. The van der Waals surface area contributed by atoms with Gasteiger partial charge in [0.05, 0.1) is 5.69 Å². The SMILES string of the molecule is c1ccc(-c2ccc(N(c3cccc(-c4cccc(-c5ccccc5)c4)c3)c3ccccc3-c3ccccc3)cc2)cc1. The summed E-state index contributed by atoms with van der Waals surface area (Å²) in [5.74, 6) is 0. The normalized spacial score (nSPS) is 10.8. The van der Waals surface area contributed by atoms with Gasteiger partial charge < -0.3 is 4.90 Å². The number of anilines is 3. The van der Waals surface area contributed by atoms with E-state index in [1.807, 2.05) is 0 Å². The average Bonchev–Trinajstić information content (AvgIpc) is 3.10. The smallest absolute Gasteiger partial charge is 0.0540 e. The fourth-order valence-electron chi connectivity index (χ4n) is 5.72. The minimum Gasteiger partial charge on any atom is -0.310 e. The first-order valence-electron chi connectivity index (χ1n) is 14.7. The summed E-state index contributed by atoms with van der Waals surface area (Å²) in [4.78, 5) is 2.38. The van der Waals surface area contributed by atoms with Crippen molar-refractivity contribution in [3.05, 3.63) is 188 Å². The van der Waals surface area contributed by atoms with E-state index in [0.717, 1.165) is 17.1 Å². The molecule has 7 rings (SSSR count). The second-order valence-electron chi connectivity index (χ2n) is 10.6. The van der Waals surface area contributed by atoms with Crippen LogP contribution >= 0.6 is 0 Å². The molecule has 0 heterocycles. The number of hydrogen-bond donors (Lipinski definition) is 0. The summed E-state index contributed by atoms with van der Waals surface area (Å²) in [6, 6.07) is 67.0. The van der Waals surface area contributed by atoms with E-state index in [-0.39, 0.29) is 0 Å². The van der Waals surface area contributed by atoms with Crippen LogP contribution in [0.1, 0.15) is 0 Å². The van der Waals surface area contributed by atoms with Crippen molar-refractivity contribution in [3.8, 4) is 44.5 Å². The Morgan fingerprint density at radius 3 is 1.35 bits per heavy atom. The van der Waals surface area contributed by atoms with Gasteiger partial charge in [-0.05, 0) is 75.3 Å². The van der Waals surface area contributed by atoms with E-state index in [1.54, 1.807) is 0 Å². The van der Waals surface area contributed by atoms with Gasteiger partial charge in [0.25, 0.3) is 0 Å². The highest BCUT2D eigenvalue weighted by Crippen LogP contribution is 2.42. The van der Waals surface area contributed by atoms with Gasteiger partial charge in [-0.2, -0.15) is 0 Å². The molecule has 0 aromatic heterocycles. The molecule has 0 fully saturated rings. The number of hydrogen-bond acceptors (Lipinski definition) is 1. The summed E-state index contributed by atoms with van der Waals surface area (Å²) in [6.45, 7) is 0. The molecule has 0 amide bonds. The van der Waals surface area contributed by atoms with Crippen LogP contribution in [0.5, 0.6) is 0 Å². The summed E-state index contributed by atoms with van der Waals surface area (Å²) >= 11 is 0. The van der Waals surface area contributed by atoms with Crippen molar-refractivity contribution >= 4 is 17.1 Å². The fourth-order valence-corrected chi connectivity index (χ4v) is 5.72. The van der Waals surface area contributed by atoms with E-state index >= 15 is 0 Å². The van der Waals surface area contributed by atoms with Crippen LogP contribution in [0.3, 0.4) is 0 Å². The summed E-state index contributed by atoms with van der Waals surface area (Å²) in [7, 11) is 0. The topological polar surface area (TPSA) is 3.24 Å². The lowest BCUT2D eigenvalue weighted by molar-refractivity contribution is 1.28. The van der Waals surface area contributed by atoms with Crippen LogP contribution in [-0.4, -0.2) is 0 Å². The van der Waals surface area contributed by atoms with Crippen LogP contribution in [0, 0.1) is 0 Å². The van der Waals surface area contributed by atoms with Gasteiger partial charge >= 0.3 is 0 Å². The molecule has 0 bridgehead atoms. The Morgan fingerprint density at radius 1 is 0.256 bits per heavy atom. The quantitative estimate of drug-likeness (QED) is 0.191. The van der Waals surface area contributed by atoms with Gasteiger partial charge in [0, 0.05) is 16.9 Å². The third-order valence-electron chi connectivity index (χ3n) is 7.87. The molecule has 0 N–H and O–H groups in total. The minimum atomic E-state index is 1.11. The second-order valence-corrected chi connectivity index (χ2v) is 10.6. The average molecular weight is 550 g/mol. The third kappa shape index (κ3) is 5.62. The Kier molecular flexibility index (Phi) is 7.36. The first-order valence-corrected chi connectivity index (χ1v) is 14.7. The monoisotopic (exact) mass is 549 g/mol. The first-order chi connectivity index (χ1) is 21.3. The molecule has 0 radical (unpaired) electrons. The lowest BCUT2D eigenvalue weighted by Gasteiger charge is -2.28. The van der Waals surface area contributed by atoms with Crippen LogP contribution in [0.2, 0.25) is 0 Å². The van der Waals surface area contributed by atoms with Gasteiger partial charge in [-0.25, -0.2) is 0 Å². The molecule has 0 aliphatic heterocycles. The highest BCUT2D eigenvalue weighted by atomic mass is 15.1. The number of nitrogens with zero attached hydrogens (tertiary/aromatic N) is 1. The summed E-state index contributed by atoms with van der Waals surface area (Å²) in [5.41, 5.74) is 13.0. The van der Waals surface area contributed by atoms with Crippen LogP contribution < -0.4 is 4.90 Å². The minimum absolute atomic E-state index is 1.11. The van der Waals surface area contributed by atoms with Crippen LogP contribution in [0.25, 0.3) is 44.5 Å². The molecule has 0 aliphatic carbocycles. The molecule has 0 saturated heterocycles. The van der Waals surface area contributed by atoms with Crippen molar-refractivity contribution in [2.75, 3.05) is 4.90 Å². The van der Waals surface area contributed by atoms with E-state index in [0.29, 0.717) is 0 Å². The molecule has 1 heteroatoms. The largest absolute Gasteiger partial charge is 0.310 e. The Balaban J connectivity index is 1.35. The van der Waals surface area contributed by atoms with Crippen molar-refractivity contribution in [1.29, 1.82) is 0 Å². The maximum atomic E-state index is 2.38. The first kappa shape index (κ1) is 26.3. The van der Waals surface area contributed by atoms with Gasteiger partial charge in [-0.3, -0.25) is 0 Å². The molecule has 0 atom stereocenters. The Morgan fingerprint density at radius 2 is 0.698 bits per heavy atom. The zero-order valence-corrected chi connectivity index (χ0v) is 23.8. The third-order valence-corrected chi connectivity index (χ3v) is 7.87. The predicted molar refractivity (Wildman–Crippen MR) is 183 cm³/mol. The van der Waals surface area contributed by atoms with Crippen molar-refractivity contribution in [2.24, 2.45) is 0 Å². The van der Waals surface area contributed by atoms with Gasteiger partial charge in [0.15, 0.2) is 0 Å².